The van der Waals surface area contributed by atoms with Crippen LogP contribution in [0.2, 0.25) is 0 Å². The minimum absolute atomic E-state index is 0.859. The Morgan fingerprint density at radius 3 is 2.93 bits per heavy atom. The summed E-state index contributed by atoms with van der Waals surface area (Å²) >= 11 is 0. The van der Waals surface area contributed by atoms with Crippen molar-refractivity contribution in [3.8, 4) is 0 Å². The van der Waals surface area contributed by atoms with Crippen molar-refractivity contribution in [2.24, 2.45) is 0 Å². The second kappa shape index (κ2) is 4.48. The molecule has 1 N–H and O–H groups in total. The van der Waals surface area contributed by atoms with E-state index in [0.717, 1.165) is 44.2 Å². The molecule has 0 atom stereocenters. The lowest BCUT2D eigenvalue weighted by Gasteiger charge is -2.26. The number of nitrogens with zero attached hydrogens (tertiary/aromatic N) is 3. The van der Waals surface area contributed by atoms with Crippen LogP contribution in [0.5, 0.6) is 0 Å². The first kappa shape index (κ1) is 9.55. The molecular weight excluding hydrogens is 176 g/mol. The second-order valence-electron chi connectivity index (χ2n) is 3.62. The molecule has 76 valence electrons. The molecule has 1 aromatic heterocycles. The van der Waals surface area contributed by atoms with E-state index in [9.17, 15) is 0 Å². The normalized spacial score (nSPS) is 18.4. The summed E-state index contributed by atoms with van der Waals surface area (Å²) in [4.78, 5) is 10.9. The van der Waals surface area contributed by atoms with Crippen molar-refractivity contribution in [1.29, 1.82) is 0 Å². The molecule has 2 rings (SSSR count). The van der Waals surface area contributed by atoms with E-state index >= 15 is 0 Å². The third-order valence-corrected chi connectivity index (χ3v) is 2.43. The zero-order valence-electron chi connectivity index (χ0n) is 8.53. The third kappa shape index (κ3) is 2.49. The SMILES string of the molecule is Cc1nccc(CN2CCNCC2)n1. The van der Waals surface area contributed by atoms with Crippen LogP contribution in [-0.2, 0) is 6.54 Å². The van der Waals surface area contributed by atoms with Crippen molar-refractivity contribution >= 4 is 0 Å². The van der Waals surface area contributed by atoms with Gasteiger partial charge in [0.25, 0.3) is 0 Å². The quantitative estimate of drug-likeness (QED) is 0.726. The second-order valence-corrected chi connectivity index (χ2v) is 3.62. The molecule has 1 aliphatic heterocycles. The lowest BCUT2D eigenvalue weighted by molar-refractivity contribution is 0.230. The highest BCUT2D eigenvalue weighted by molar-refractivity contribution is 5.01. The average Bonchev–Trinajstić information content (AvgIpc) is 2.19. The predicted molar refractivity (Wildman–Crippen MR) is 54.9 cm³/mol. The number of aryl methyl sites for hydroxylation is 1. The lowest BCUT2D eigenvalue weighted by atomic mass is 10.3. The fourth-order valence-electron chi connectivity index (χ4n) is 1.69. The Morgan fingerprint density at radius 2 is 2.21 bits per heavy atom. The molecular formula is C10H16N4. The number of aromatic nitrogens is 2. The Balaban J connectivity index is 1.95. The molecule has 1 aliphatic rings. The monoisotopic (exact) mass is 192 g/mol. The van der Waals surface area contributed by atoms with E-state index in [-0.39, 0.29) is 0 Å². The lowest BCUT2D eigenvalue weighted by Crippen LogP contribution is -2.43. The zero-order chi connectivity index (χ0) is 9.80. The van der Waals surface area contributed by atoms with E-state index in [1.165, 1.54) is 0 Å². The van der Waals surface area contributed by atoms with Crippen LogP contribution >= 0.6 is 0 Å². The molecule has 4 nitrogen and oxygen atoms in total. The summed E-state index contributed by atoms with van der Waals surface area (Å²) < 4.78 is 0. The molecule has 0 bridgehead atoms. The Kier molecular flexibility index (Phi) is 3.06. The van der Waals surface area contributed by atoms with Crippen LogP contribution in [-0.4, -0.2) is 41.0 Å². The molecule has 4 heteroatoms. The van der Waals surface area contributed by atoms with E-state index in [4.69, 9.17) is 0 Å². The zero-order valence-corrected chi connectivity index (χ0v) is 8.53. The molecule has 2 heterocycles. The number of nitrogens with one attached hydrogen (secondary N) is 1. The molecule has 1 fully saturated rings. The molecule has 0 spiro atoms. The summed E-state index contributed by atoms with van der Waals surface area (Å²) in [5.74, 6) is 0.859. The van der Waals surface area contributed by atoms with E-state index in [1.54, 1.807) is 0 Å². The van der Waals surface area contributed by atoms with Gasteiger partial charge in [0, 0.05) is 38.9 Å². The van der Waals surface area contributed by atoms with Gasteiger partial charge in [0.15, 0.2) is 0 Å². The van der Waals surface area contributed by atoms with Gasteiger partial charge in [-0.1, -0.05) is 0 Å². The van der Waals surface area contributed by atoms with Crippen LogP contribution in [0.25, 0.3) is 0 Å². The summed E-state index contributed by atoms with van der Waals surface area (Å²) in [7, 11) is 0. The van der Waals surface area contributed by atoms with Crippen molar-refractivity contribution in [2.45, 2.75) is 13.5 Å². The van der Waals surface area contributed by atoms with Crippen LogP contribution in [0.3, 0.4) is 0 Å². The Bertz CT molecular complexity index is 294. The van der Waals surface area contributed by atoms with Gasteiger partial charge in [0.05, 0.1) is 5.69 Å². The minimum atomic E-state index is 0.859. The summed E-state index contributed by atoms with van der Waals surface area (Å²) in [5, 5.41) is 3.34. The predicted octanol–water partition coefficient (Wildman–Crippen LogP) is 0.190. The molecule has 1 aromatic rings. The molecule has 14 heavy (non-hydrogen) atoms. The summed E-state index contributed by atoms with van der Waals surface area (Å²) in [6.45, 7) is 7.28. The highest BCUT2D eigenvalue weighted by atomic mass is 15.2. The van der Waals surface area contributed by atoms with E-state index in [1.807, 2.05) is 19.2 Å². The van der Waals surface area contributed by atoms with Gasteiger partial charge < -0.3 is 5.32 Å². The fourth-order valence-corrected chi connectivity index (χ4v) is 1.69. The van der Waals surface area contributed by atoms with Gasteiger partial charge in [-0.15, -0.1) is 0 Å². The summed E-state index contributed by atoms with van der Waals surface area (Å²) in [6, 6.07) is 2.00. The van der Waals surface area contributed by atoms with Gasteiger partial charge >= 0.3 is 0 Å². The first-order valence-corrected chi connectivity index (χ1v) is 5.06. The molecule has 0 aliphatic carbocycles. The first-order chi connectivity index (χ1) is 6.84. The van der Waals surface area contributed by atoms with Crippen LogP contribution in [0, 0.1) is 6.92 Å². The highest BCUT2D eigenvalue weighted by Crippen LogP contribution is 2.02. The van der Waals surface area contributed by atoms with Crippen molar-refractivity contribution in [1.82, 2.24) is 20.2 Å². The third-order valence-electron chi connectivity index (χ3n) is 2.43. The van der Waals surface area contributed by atoms with Gasteiger partial charge in [-0.05, 0) is 13.0 Å². The van der Waals surface area contributed by atoms with E-state index in [0.29, 0.717) is 0 Å². The minimum Gasteiger partial charge on any atom is -0.314 e. The van der Waals surface area contributed by atoms with Gasteiger partial charge in [-0.2, -0.15) is 0 Å². The average molecular weight is 192 g/mol. The van der Waals surface area contributed by atoms with Gasteiger partial charge in [-0.25, -0.2) is 9.97 Å². The Labute approximate surface area is 84.4 Å². The molecule has 0 aromatic carbocycles. The maximum Gasteiger partial charge on any atom is 0.125 e. The highest BCUT2D eigenvalue weighted by Gasteiger charge is 2.10. The van der Waals surface area contributed by atoms with Crippen molar-refractivity contribution < 1.29 is 0 Å². The molecule has 0 saturated carbocycles. The fraction of sp³-hybridized carbons (Fsp3) is 0.600. The maximum atomic E-state index is 4.39. The maximum absolute atomic E-state index is 4.39. The standard InChI is InChI=1S/C10H16N4/c1-9-12-3-2-10(13-9)8-14-6-4-11-5-7-14/h2-3,11H,4-8H2,1H3. The van der Waals surface area contributed by atoms with Crippen LogP contribution in [0.15, 0.2) is 12.3 Å². The van der Waals surface area contributed by atoms with Gasteiger partial charge in [0.2, 0.25) is 0 Å². The Morgan fingerprint density at radius 1 is 1.43 bits per heavy atom. The van der Waals surface area contributed by atoms with Crippen LogP contribution in [0.4, 0.5) is 0 Å². The summed E-state index contributed by atoms with van der Waals surface area (Å²) in [6.07, 6.45) is 1.83. The summed E-state index contributed by atoms with van der Waals surface area (Å²) in [5.41, 5.74) is 1.12. The van der Waals surface area contributed by atoms with Crippen LogP contribution < -0.4 is 5.32 Å². The van der Waals surface area contributed by atoms with Gasteiger partial charge in [-0.3, -0.25) is 4.90 Å². The molecule has 1 saturated heterocycles. The van der Waals surface area contributed by atoms with E-state index < -0.39 is 0 Å². The van der Waals surface area contributed by atoms with Crippen molar-refractivity contribution in [2.75, 3.05) is 26.2 Å². The number of hydrogen-bond donors (Lipinski definition) is 1. The Hall–Kier alpha value is -1.00. The first-order valence-electron chi connectivity index (χ1n) is 5.06. The topological polar surface area (TPSA) is 41.1 Å². The molecule has 0 amide bonds. The van der Waals surface area contributed by atoms with Crippen LogP contribution in [0.1, 0.15) is 11.5 Å². The smallest absolute Gasteiger partial charge is 0.125 e. The number of piperazine rings is 1. The van der Waals surface area contributed by atoms with Crippen molar-refractivity contribution in [3.05, 3.63) is 23.8 Å². The van der Waals surface area contributed by atoms with Crippen molar-refractivity contribution in [3.63, 3.8) is 0 Å². The molecule has 0 unspecified atom stereocenters. The largest absolute Gasteiger partial charge is 0.314 e. The molecule has 0 radical (unpaired) electrons. The number of rotatable bonds is 2. The number of hydrogen-bond acceptors (Lipinski definition) is 4. The van der Waals surface area contributed by atoms with E-state index in [2.05, 4.69) is 20.2 Å². The van der Waals surface area contributed by atoms with Gasteiger partial charge in [0.1, 0.15) is 5.82 Å².